The minimum Gasteiger partial charge on any atom is -0.479 e. The predicted molar refractivity (Wildman–Crippen MR) is 126 cm³/mol. The number of piperidine rings is 1. The Morgan fingerprint density at radius 3 is 2.30 bits per heavy atom. The number of benzene rings is 1. The van der Waals surface area contributed by atoms with Gasteiger partial charge in [0.2, 0.25) is 0 Å². The number of ether oxygens (including phenoxy) is 1. The van der Waals surface area contributed by atoms with Gasteiger partial charge in [-0.05, 0) is 70.6 Å². The maximum Gasteiger partial charge on any atom is 0.337 e. The third kappa shape index (κ3) is 5.52. The number of anilines is 1. The minimum atomic E-state index is -1.31. The molecule has 180 valence electrons. The van der Waals surface area contributed by atoms with Crippen LogP contribution in [0.25, 0.3) is 11.1 Å². The number of aromatic nitrogens is 1. The van der Waals surface area contributed by atoms with Gasteiger partial charge in [-0.2, -0.15) is 0 Å². The van der Waals surface area contributed by atoms with E-state index in [1.54, 1.807) is 40.7 Å². The van der Waals surface area contributed by atoms with E-state index in [0.717, 1.165) is 18.9 Å². The summed E-state index contributed by atoms with van der Waals surface area (Å²) < 4.78 is 35.4. The monoisotopic (exact) mass is 460 g/mol. The number of pyridine rings is 1. The topological polar surface area (TPSA) is 62.7 Å². The van der Waals surface area contributed by atoms with Crippen molar-refractivity contribution in [2.45, 2.75) is 73.0 Å². The highest BCUT2D eigenvalue weighted by molar-refractivity contribution is 5.86. The Balaban J connectivity index is 2.31. The van der Waals surface area contributed by atoms with Gasteiger partial charge in [0.1, 0.15) is 0 Å². The molecule has 2 aromatic rings. The van der Waals surface area contributed by atoms with Crippen molar-refractivity contribution < 1.29 is 23.4 Å². The van der Waals surface area contributed by atoms with Crippen molar-refractivity contribution in [1.82, 2.24) is 4.98 Å². The number of aryl methyl sites for hydroxylation is 2. The Hall–Kier alpha value is -2.54. The Morgan fingerprint density at radius 2 is 1.76 bits per heavy atom. The zero-order chi connectivity index (χ0) is 24.7. The molecular weight excluding hydrogens is 426 g/mol. The van der Waals surface area contributed by atoms with Gasteiger partial charge in [0.15, 0.2) is 17.7 Å². The Kier molecular flexibility index (Phi) is 6.85. The van der Waals surface area contributed by atoms with E-state index in [1.807, 2.05) is 0 Å². The lowest BCUT2D eigenvalue weighted by Gasteiger charge is -2.41. The molecule has 1 aliphatic heterocycles. The largest absolute Gasteiger partial charge is 0.479 e. The van der Waals surface area contributed by atoms with Gasteiger partial charge in [0, 0.05) is 41.7 Å². The fourth-order valence-corrected chi connectivity index (χ4v) is 4.30. The average molecular weight is 461 g/mol. The molecule has 1 saturated heterocycles. The smallest absolute Gasteiger partial charge is 0.337 e. The van der Waals surface area contributed by atoms with Crippen molar-refractivity contribution in [3.05, 3.63) is 46.8 Å². The molecule has 1 atom stereocenters. The van der Waals surface area contributed by atoms with E-state index in [1.165, 1.54) is 6.20 Å². The summed E-state index contributed by atoms with van der Waals surface area (Å²) in [5, 5.41) is 10.1. The third-order valence-electron chi connectivity index (χ3n) is 6.14. The predicted octanol–water partition coefficient (Wildman–Crippen LogP) is 6.21. The van der Waals surface area contributed by atoms with Crippen molar-refractivity contribution >= 4 is 11.7 Å². The van der Waals surface area contributed by atoms with Gasteiger partial charge >= 0.3 is 5.97 Å². The van der Waals surface area contributed by atoms with Crippen molar-refractivity contribution in [3.63, 3.8) is 0 Å². The molecule has 1 aromatic carbocycles. The Labute approximate surface area is 194 Å². The summed E-state index contributed by atoms with van der Waals surface area (Å²) in [4.78, 5) is 18.9. The van der Waals surface area contributed by atoms with Gasteiger partial charge < -0.3 is 14.7 Å². The van der Waals surface area contributed by atoms with Crippen molar-refractivity contribution in [2.75, 3.05) is 18.0 Å². The van der Waals surface area contributed by atoms with Gasteiger partial charge in [-0.15, -0.1) is 0 Å². The maximum atomic E-state index is 15.0. The summed E-state index contributed by atoms with van der Waals surface area (Å²) in [6.07, 6.45) is 1.98. The van der Waals surface area contributed by atoms with Gasteiger partial charge in [0.05, 0.1) is 11.3 Å². The van der Waals surface area contributed by atoms with E-state index < -0.39 is 29.3 Å². The van der Waals surface area contributed by atoms with Crippen LogP contribution in [0.2, 0.25) is 0 Å². The van der Waals surface area contributed by atoms with Crippen LogP contribution in [0, 0.1) is 30.9 Å². The normalized spacial score (nSPS) is 17.2. The van der Waals surface area contributed by atoms with Gasteiger partial charge in [-0.25, -0.2) is 13.6 Å². The summed E-state index contributed by atoms with van der Waals surface area (Å²) in [6, 6.07) is 2.72. The van der Waals surface area contributed by atoms with Crippen LogP contribution in [-0.2, 0) is 9.53 Å². The number of carboxylic acids is 1. The molecule has 2 heterocycles. The van der Waals surface area contributed by atoms with E-state index in [2.05, 4.69) is 23.7 Å². The second-order valence-electron chi connectivity index (χ2n) is 10.7. The highest BCUT2D eigenvalue weighted by Crippen LogP contribution is 2.44. The SMILES string of the molecule is Cc1cc(F)c(F)c(-c2cnc(C)c([C@H](OC(C)(C)C)C(=O)O)c2N2CCC(C)(C)CC2)c1. The molecule has 5 nitrogen and oxygen atoms in total. The first-order chi connectivity index (χ1) is 15.2. The molecule has 1 aromatic heterocycles. The number of nitrogens with zero attached hydrogens (tertiary/aromatic N) is 2. The molecule has 7 heteroatoms. The molecule has 0 spiro atoms. The molecule has 1 N–H and O–H groups in total. The van der Waals surface area contributed by atoms with Crippen LogP contribution in [0.5, 0.6) is 0 Å². The summed E-state index contributed by atoms with van der Waals surface area (Å²) in [6.45, 7) is 14.5. The summed E-state index contributed by atoms with van der Waals surface area (Å²) in [7, 11) is 0. The Morgan fingerprint density at radius 1 is 1.15 bits per heavy atom. The van der Waals surface area contributed by atoms with Crippen LogP contribution >= 0.6 is 0 Å². The zero-order valence-corrected chi connectivity index (χ0v) is 20.6. The highest BCUT2D eigenvalue weighted by Gasteiger charge is 2.36. The molecule has 0 amide bonds. The molecule has 3 rings (SSSR count). The van der Waals surface area contributed by atoms with E-state index in [4.69, 9.17) is 4.74 Å². The highest BCUT2D eigenvalue weighted by atomic mass is 19.2. The number of hydrogen-bond donors (Lipinski definition) is 1. The first kappa shape index (κ1) is 25.1. The number of hydrogen-bond acceptors (Lipinski definition) is 4. The fourth-order valence-electron chi connectivity index (χ4n) is 4.30. The van der Waals surface area contributed by atoms with E-state index in [-0.39, 0.29) is 11.0 Å². The first-order valence-electron chi connectivity index (χ1n) is 11.3. The van der Waals surface area contributed by atoms with Crippen molar-refractivity contribution in [1.29, 1.82) is 0 Å². The lowest BCUT2D eigenvalue weighted by atomic mass is 9.82. The van der Waals surface area contributed by atoms with Crippen molar-refractivity contribution in [2.24, 2.45) is 5.41 Å². The number of carbonyl (C=O) groups is 1. The van der Waals surface area contributed by atoms with Crippen LogP contribution in [0.4, 0.5) is 14.5 Å². The molecule has 33 heavy (non-hydrogen) atoms. The molecule has 1 fully saturated rings. The van der Waals surface area contributed by atoms with Gasteiger partial charge in [-0.3, -0.25) is 4.98 Å². The lowest BCUT2D eigenvalue weighted by Crippen LogP contribution is -2.39. The van der Waals surface area contributed by atoms with E-state index in [9.17, 15) is 14.3 Å². The Bertz CT molecular complexity index is 1050. The summed E-state index contributed by atoms with van der Waals surface area (Å²) >= 11 is 0. The molecule has 0 bridgehead atoms. The van der Waals surface area contributed by atoms with Crippen LogP contribution in [-0.4, -0.2) is 34.8 Å². The molecular formula is C26H34F2N2O3. The first-order valence-corrected chi connectivity index (χ1v) is 11.3. The summed E-state index contributed by atoms with van der Waals surface area (Å²) in [5.41, 5.74) is 1.84. The minimum absolute atomic E-state index is 0.0704. The third-order valence-corrected chi connectivity index (χ3v) is 6.14. The lowest BCUT2D eigenvalue weighted by molar-refractivity contribution is -0.160. The molecule has 1 aliphatic rings. The fraction of sp³-hybridized carbons (Fsp3) is 0.538. The molecule has 0 saturated carbocycles. The summed E-state index contributed by atoms with van der Waals surface area (Å²) in [5.74, 6) is -3.07. The molecule has 0 unspecified atom stereocenters. The van der Waals surface area contributed by atoms with Crippen LogP contribution in [0.15, 0.2) is 18.3 Å². The van der Waals surface area contributed by atoms with Crippen LogP contribution in [0.3, 0.4) is 0 Å². The van der Waals surface area contributed by atoms with Gasteiger partial charge in [-0.1, -0.05) is 13.8 Å². The second-order valence-corrected chi connectivity index (χ2v) is 10.7. The quantitative estimate of drug-likeness (QED) is 0.575. The second kappa shape index (κ2) is 9.01. The number of rotatable bonds is 5. The van der Waals surface area contributed by atoms with Gasteiger partial charge in [0.25, 0.3) is 0 Å². The zero-order valence-electron chi connectivity index (χ0n) is 20.6. The number of carboxylic acid groups (broad SMARTS) is 1. The van der Waals surface area contributed by atoms with Crippen molar-refractivity contribution in [3.8, 4) is 11.1 Å². The van der Waals surface area contributed by atoms with Crippen LogP contribution < -0.4 is 4.90 Å². The molecule has 0 aliphatic carbocycles. The van der Waals surface area contributed by atoms with E-state index >= 15 is 4.39 Å². The molecule has 0 radical (unpaired) electrons. The average Bonchev–Trinajstić information content (AvgIpc) is 2.68. The maximum absolute atomic E-state index is 15.0. The number of halogens is 2. The number of aliphatic carboxylic acids is 1. The van der Waals surface area contributed by atoms with Crippen LogP contribution in [0.1, 0.15) is 70.4 Å². The standard InChI is InChI=1S/C26H34F2N2O3/c1-15-12-17(21(28)19(27)13-15)18-14-29-16(2)20(23(24(31)32)33-25(3,4)5)22(18)30-10-8-26(6,7)9-11-30/h12-14,23H,8-11H2,1-7H3,(H,31,32)/t23-/m0/s1. The van der Waals surface area contributed by atoms with E-state index in [0.29, 0.717) is 41.2 Å².